The summed E-state index contributed by atoms with van der Waals surface area (Å²) in [5, 5.41) is 2.67. The van der Waals surface area contributed by atoms with Crippen LogP contribution in [-0.2, 0) is 0 Å². The molecule has 0 unspecified atom stereocenters. The summed E-state index contributed by atoms with van der Waals surface area (Å²) in [7, 11) is 0. The van der Waals surface area contributed by atoms with E-state index in [1.54, 1.807) is 25.1 Å². The van der Waals surface area contributed by atoms with Crippen LogP contribution >= 0.6 is 0 Å². The average molecular weight is 252 g/mol. The molecule has 0 saturated heterocycles. The van der Waals surface area contributed by atoms with Gasteiger partial charge >= 0.3 is 0 Å². The van der Waals surface area contributed by atoms with Crippen molar-refractivity contribution in [2.75, 3.05) is 11.1 Å². The summed E-state index contributed by atoms with van der Waals surface area (Å²) in [6.07, 6.45) is 0. The average Bonchev–Trinajstić information content (AvgIpc) is 2.34. The van der Waals surface area contributed by atoms with Crippen molar-refractivity contribution in [3.05, 3.63) is 53.3 Å². The molecule has 0 aliphatic heterocycles. The van der Waals surface area contributed by atoms with Crippen molar-refractivity contribution >= 4 is 17.1 Å². The van der Waals surface area contributed by atoms with Gasteiger partial charge in [-0.25, -0.2) is 13.2 Å². The molecule has 0 heterocycles. The van der Waals surface area contributed by atoms with Crippen molar-refractivity contribution < 1.29 is 13.2 Å². The topological polar surface area (TPSA) is 38.0 Å². The maximum absolute atomic E-state index is 13.4. The van der Waals surface area contributed by atoms with E-state index in [-0.39, 0.29) is 5.69 Å². The van der Waals surface area contributed by atoms with Gasteiger partial charge in [0.2, 0.25) is 0 Å². The molecule has 0 spiro atoms. The van der Waals surface area contributed by atoms with Crippen molar-refractivity contribution in [1.82, 2.24) is 0 Å². The zero-order valence-corrected chi connectivity index (χ0v) is 9.60. The molecule has 0 fully saturated rings. The highest BCUT2D eigenvalue weighted by atomic mass is 19.2. The predicted octanol–water partition coefficient (Wildman–Crippen LogP) is 3.74. The van der Waals surface area contributed by atoms with Crippen LogP contribution in [0.5, 0.6) is 0 Å². The number of hydrogen-bond acceptors (Lipinski definition) is 2. The Bertz CT molecular complexity index is 597. The molecule has 0 aliphatic carbocycles. The van der Waals surface area contributed by atoms with Crippen LogP contribution in [0.25, 0.3) is 0 Å². The Balaban J connectivity index is 2.34. The summed E-state index contributed by atoms with van der Waals surface area (Å²) in [4.78, 5) is 0. The number of nitrogens with one attached hydrogen (secondary N) is 1. The van der Waals surface area contributed by atoms with Crippen LogP contribution in [0.4, 0.5) is 30.2 Å². The van der Waals surface area contributed by atoms with Crippen molar-refractivity contribution in [2.45, 2.75) is 6.92 Å². The Morgan fingerprint density at radius 1 is 1.00 bits per heavy atom. The standard InChI is InChI=1S/C13H11F3N2/c1-7-6-8(2-4-10(7)17)18-11-5-3-9(14)12(15)13(11)16/h2-6,18H,17H2,1H3. The van der Waals surface area contributed by atoms with Gasteiger partial charge in [0.1, 0.15) is 0 Å². The van der Waals surface area contributed by atoms with E-state index in [0.29, 0.717) is 11.4 Å². The lowest BCUT2D eigenvalue weighted by Gasteiger charge is -2.10. The minimum absolute atomic E-state index is 0.127. The van der Waals surface area contributed by atoms with Crippen LogP contribution in [0.15, 0.2) is 30.3 Å². The Kier molecular flexibility index (Phi) is 3.14. The van der Waals surface area contributed by atoms with Crippen molar-refractivity contribution in [2.24, 2.45) is 0 Å². The van der Waals surface area contributed by atoms with Gasteiger partial charge in [0, 0.05) is 11.4 Å². The molecule has 2 rings (SSSR count). The number of hydrogen-bond donors (Lipinski definition) is 2. The van der Waals surface area contributed by atoms with Gasteiger partial charge in [-0.15, -0.1) is 0 Å². The summed E-state index contributed by atoms with van der Waals surface area (Å²) >= 11 is 0. The first kappa shape index (κ1) is 12.3. The van der Waals surface area contributed by atoms with Crippen LogP contribution in [0, 0.1) is 24.4 Å². The van der Waals surface area contributed by atoms with Crippen molar-refractivity contribution in [3.8, 4) is 0 Å². The molecule has 5 heteroatoms. The van der Waals surface area contributed by atoms with Crippen LogP contribution in [0.2, 0.25) is 0 Å². The molecule has 2 aromatic carbocycles. The zero-order valence-electron chi connectivity index (χ0n) is 9.60. The van der Waals surface area contributed by atoms with Crippen LogP contribution in [0.1, 0.15) is 5.56 Å². The number of nitrogens with two attached hydrogens (primary N) is 1. The third kappa shape index (κ3) is 2.25. The molecule has 0 bridgehead atoms. The third-order valence-electron chi connectivity index (χ3n) is 2.58. The van der Waals surface area contributed by atoms with Crippen LogP contribution in [0.3, 0.4) is 0 Å². The van der Waals surface area contributed by atoms with Crippen molar-refractivity contribution in [3.63, 3.8) is 0 Å². The van der Waals surface area contributed by atoms with Gasteiger partial charge in [0.15, 0.2) is 17.5 Å². The quantitative estimate of drug-likeness (QED) is 0.631. The van der Waals surface area contributed by atoms with Gasteiger partial charge in [0.25, 0.3) is 0 Å². The molecule has 3 N–H and O–H groups in total. The van der Waals surface area contributed by atoms with E-state index in [2.05, 4.69) is 5.32 Å². The molecule has 0 aliphatic rings. The van der Waals surface area contributed by atoms with Gasteiger partial charge < -0.3 is 11.1 Å². The lowest BCUT2D eigenvalue weighted by atomic mass is 10.1. The maximum atomic E-state index is 13.4. The highest BCUT2D eigenvalue weighted by molar-refractivity contribution is 5.64. The van der Waals surface area contributed by atoms with Gasteiger partial charge in [-0.1, -0.05) is 0 Å². The first-order valence-corrected chi connectivity index (χ1v) is 5.25. The molecule has 94 valence electrons. The Morgan fingerprint density at radius 2 is 1.72 bits per heavy atom. The van der Waals surface area contributed by atoms with Gasteiger partial charge in [-0.3, -0.25) is 0 Å². The highest BCUT2D eigenvalue weighted by Gasteiger charge is 2.13. The Morgan fingerprint density at radius 3 is 2.39 bits per heavy atom. The fourth-order valence-electron chi connectivity index (χ4n) is 1.53. The summed E-state index contributed by atoms with van der Waals surface area (Å²) in [5.74, 6) is -3.96. The summed E-state index contributed by atoms with van der Waals surface area (Å²) < 4.78 is 39.2. The molecule has 0 atom stereocenters. The first-order valence-electron chi connectivity index (χ1n) is 5.25. The minimum atomic E-state index is -1.49. The maximum Gasteiger partial charge on any atom is 0.196 e. The monoisotopic (exact) mass is 252 g/mol. The normalized spacial score (nSPS) is 10.4. The number of benzene rings is 2. The Labute approximate surface area is 102 Å². The van der Waals surface area contributed by atoms with Gasteiger partial charge in [-0.2, -0.15) is 0 Å². The van der Waals surface area contributed by atoms with Gasteiger partial charge in [-0.05, 0) is 42.8 Å². The SMILES string of the molecule is Cc1cc(Nc2ccc(F)c(F)c2F)ccc1N. The smallest absolute Gasteiger partial charge is 0.196 e. The molecule has 18 heavy (non-hydrogen) atoms. The molecule has 0 radical (unpaired) electrons. The second-order valence-corrected chi connectivity index (χ2v) is 3.92. The number of halogens is 3. The lowest BCUT2D eigenvalue weighted by molar-refractivity contribution is 0.449. The zero-order chi connectivity index (χ0) is 13.3. The second-order valence-electron chi connectivity index (χ2n) is 3.92. The highest BCUT2D eigenvalue weighted by Crippen LogP contribution is 2.25. The van der Waals surface area contributed by atoms with Crippen LogP contribution in [-0.4, -0.2) is 0 Å². The van der Waals surface area contributed by atoms with E-state index in [9.17, 15) is 13.2 Å². The second kappa shape index (κ2) is 4.60. The largest absolute Gasteiger partial charge is 0.399 e. The molecule has 0 amide bonds. The summed E-state index contributed by atoms with van der Waals surface area (Å²) in [6.45, 7) is 1.79. The van der Waals surface area contributed by atoms with E-state index < -0.39 is 17.5 Å². The van der Waals surface area contributed by atoms with E-state index >= 15 is 0 Å². The van der Waals surface area contributed by atoms with Gasteiger partial charge in [0.05, 0.1) is 5.69 Å². The summed E-state index contributed by atoms with van der Waals surface area (Å²) in [6, 6.07) is 6.97. The number of rotatable bonds is 2. The molecule has 2 aromatic rings. The minimum Gasteiger partial charge on any atom is -0.399 e. The molecule has 0 aromatic heterocycles. The summed E-state index contributed by atoms with van der Waals surface area (Å²) in [5.41, 5.74) is 7.48. The first-order chi connectivity index (χ1) is 8.49. The third-order valence-corrected chi connectivity index (χ3v) is 2.58. The van der Waals surface area contributed by atoms with E-state index in [1.807, 2.05) is 0 Å². The lowest BCUT2D eigenvalue weighted by Crippen LogP contribution is -1.99. The number of nitrogen functional groups attached to an aromatic ring is 1. The van der Waals surface area contributed by atoms with E-state index in [4.69, 9.17) is 5.73 Å². The Hall–Kier alpha value is -2.17. The molecular formula is C13H11F3N2. The fourth-order valence-corrected chi connectivity index (χ4v) is 1.53. The molecule has 0 saturated carbocycles. The van der Waals surface area contributed by atoms with E-state index in [0.717, 1.165) is 17.7 Å². The molecular weight excluding hydrogens is 241 g/mol. The fraction of sp³-hybridized carbons (Fsp3) is 0.0769. The molecule has 2 nitrogen and oxygen atoms in total. The predicted molar refractivity (Wildman–Crippen MR) is 65.2 cm³/mol. The van der Waals surface area contributed by atoms with Crippen LogP contribution < -0.4 is 11.1 Å². The number of aryl methyl sites for hydroxylation is 1. The number of anilines is 3. The van der Waals surface area contributed by atoms with E-state index in [1.165, 1.54) is 0 Å². The van der Waals surface area contributed by atoms with Crippen molar-refractivity contribution in [1.29, 1.82) is 0 Å².